The highest BCUT2D eigenvalue weighted by Crippen LogP contribution is 2.65. The second-order valence-electron chi connectivity index (χ2n) is 17.2. The van der Waals surface area contributed by atoms with Gasteiger partial charge in [0, 0.05) is 0 Å². The molecule has 2 aliphatic carbocycles. The Hall–Kier alpha value is -0.960. The van der Waals surface area contributed by atoms with Gasteiger partial charge in [0.15, 0.2) is 12.4 Å². The van der Waals surface area contributed by atoms with Crippen LogP contribution in [-0.2, 0) is 28.5 Å². The highest BCUT2D eigenvalue weighted by atomic mass is 31.1. The van der Waals surface area contributed by atoms with E-state index in [1.165, 1.54) is 0 Å². The molecule has 0 aromatic heterocycles. The number of esters is 1. The smallest absolute Gasteiger partial charge is 0.314 e. The van der Waals surface area contributed by atoms with Crippen molar-refractivity contribution in [3.05, 3.63) is 11.9 Å². The molecule has 6 aliphatic rings. The van der Waals surface area contributed by atoms with Gasteiger partial charge in [0.2, 0.25) is 6.29 Å². The van der Waals surface area contributed by atoms with E-state index < -0.39 is 123 Å². The second-order valence-corrected chi connectivity index (χ2v) is 19.0. The van der Waals surface area contributed by atoms with Crippen LogP contribution in [0.2, 0.25) is 0 Å². The van der Waals surface area contributed by atoms with E-state index in [-0.39, 0.29) is 22.9 Å². The van der Waals surface area contributed by atoms with Crippen molar-refractivity contribution >= 4 is 14.6 Å². The first kappa shape index (κ1) is 43.6. The average molecular weight is 809 g/mol. The lowest BCUT2D eigenvalue weighted by molar-refractivity contribution is -0.363. The third-order valence-electron chi connectivity index (χ3n) is 13.8. The lowest BCUT2D eigenvalue weighted by Gasteiger charge is -2.59. The van der Waals surface area contributed by atoms with Gasteiger partial charge < -0.3 is 79.9 Å². The molecule has 0 amide bonds. The third kappa shape index (κ3) is 8.17. The predicted molar refractivity (Wildman–Crippen MR) is 191 cm³/mol. The Morgan fingerprint density at radius 2 is 1.31 bits per heavy atom. The van der Waals surface area contributed by atoms with E-state index in [1.54, 1.807) is 0 Å². The molecule has 0 aromatic rings. The Labute approximate surface area is 322 Å². The van der Waals surface area contributed by atoms with Crippen molar-refractivity contribution in [1.82, 2.24) is 0 Å². The quantitative estimate of drug-likeness (QED) is 0.0854. The number of hydrogen-bond acceptors (Lipinski definition) is 17. The van der Waals surface area contributed by atoms with Crippen LogP contribution in [0.3, 0.4) is 0 Å². The summed E-state index contributed by atoms with van der Waals surface area (Å²) in [6.07, 6.45) is -17.3. The number of hydrogen-bond donors (Lipinski definition) is 11. The summed E-state index contributed by atoms with van der Waals surface area (Å²) in [7, 11) is 0.365. The molecule has 0 bridgehead atoms. The summed E-state index contributed by atoms with van der Waals surface area (Å²) in [5, 5.41) is 115. The second kappa shape index (κ2) is 17.3. The summed E-state index contributed by atoms with van der Waals surface area (Å²) in [5.74, 6) is -0.376. The number of allylic oxidation sites excluding steroid dienone is 1. The summed E-state index contributed by atoms with van der Waals surface area (Å²) < 4.78 is 29.0. The van der Waals surface area contributed by atoms with Crippen molar-refractivity contribution in [2.75, 3.05) is 19.8 Å². The van der Waals surface area contributed by atoms with Gasteiger partial charge in [0.05, 0.1) is 31.3 Å². The summed E-state index contributed by atoms with van der Waals surface area (Å²) >= 11 is 0. The molecule has 55 heavy (non-hydrogen) atoms. The monoisotopic (exact) mass is 808 g/mol. The van der Waals surface area contributed by atoms with Gasteiger partial charge in [0.25, 0.3) is 0 Å². The lowest BCUT2D eigenvalue weighted by atomic mass is 9.45. The number of carbonyl (C=O) groups excluding carboxylic acids is 1. The van der Waals surface area contributed by atoms with Crippen LogP contribution in [0.4, 0.5) is 0 Å². The Morgan fingerprint density at radius 3 is 1.95 bits per heavy atom. The van der Waals surface area contributed by atoms with E-state index in [0.717, 1.165) is 31.0 Å². The van der Waals surface area contributed by atoms with Gasteiger partial charge in [-0.25, -0.2) is 0 Å². The molecule has 0 spiro atoms. The highest BCUT2D eigenvalue weighted by molar-refractivity contribution is 7.43. The van der Waals surface area contributed by atoms with E-state index >= 15 is 0 Å². The number of rotatable bonds is 9. The van der Waals surface area contributed by atoms with Crippen molar-refractivity contribution in [3.63, 3.8) is 0 Å². The van der Waals surface area contributed by atoms with Crippen LogP contribution in [0.25, 0.3) is 0 Å². The largest absolute Gasteiger partial charge is 0.432 e. The van der Waals surface area contributed by atoms with Crippen molar-refractivity contribution in [2.45, 2.75) is 163 Å². The summed E-state index contributed by atoms with van der Waals surface area (Å²) in [6.45, 7) is 6.46. The Bertz CT molecular complexity index is 1340. The minimum Gasteiger partial charge on any atom is -0.432 e. The van der Waals surface area contributed by atoms with Crippen LogP contribution in [0.5, 0.6) is 0 Å². The van der Waals surface area contributed by atoms with Crippen molar-refractivity contribution in [1.29, 1.82) is 0 Å². The van der Waals surface area contributed by atoms with Crippen LogP contribution in [0.15, 0.2) is 11.9 Å². The molecule has 6 fully saturated rings. The standard InChI is InChI=1S/C37H61O17P/c1-15-9-16-5-6-23-36(2,18(16)10-17(55-15)11-19-24(41)28(45)25(42)20(12-38)50-19)7-4-8-37(23,3)35(49)54-34-32(30(47)27(44)22(14-40)52-34)53-33-31(48)29(46)26(43)21(13-39)51-33/h16-34,38-48,55H,1,4-14H2,2-3H3/t16?,17?,18-,19?,20?,21?,22?,23?,24?,25?,26?,27?,28?,29?,30?,31?,32?,33?,34?,36+,37-/m1/s1. The SMILES string of the molecule is C=C1CC2CCC3[C@](C)(C(=O)OC4OC(CO)C(O)C(O)C4OC4OC(CO)C(O)C(O)C4O)CCC[C@@]3(C)[C@@H]2CC(CC2OC(CO)C(O)C(O)C2O)P1. The molecule has 4 heterocycles. The Kier molecular flexibility index (Phi) is 13.7. The van der Waals surface area contributed by atoms with E-state index in [0.29, 0.717) is 40.2 Å². The Morgan fingerprint density at radius 1 is 0.745 bits per heavy atom. The van der Waals surface area contributed by atoms with Crippen LogP contribution in [0, 0.1) is 28.6 Å². The maximum absolute atomic E-state index is 14.6. The van der Waals surface area contributed by atoms with Gasteiger partial charge in [-0.1, -0.05) is 33.8 Å². The molecule has 11 N–H and O–H groups in total. The number of aliphatic hydroxyl groups excluding tert-OH is 11. The molecule has 17 nitrogen and oxygen atoms in total. The molecule has 4 saturated heterocycles. The number of ether oxygens (including phenoxy) is 5. The molecule has 22 atom stereocenters. The fraction of sp³-hybridized carbons (Fsp3) is 0.919. The zero-order chi connectivity index (χ0) is 40.1. The maximum Gasteiger partial charge on any atom is 0.314 e. The van der Waals surface area contributed by atoms with Gasteiger partial charge in [-0.15, -0.1) is 0 Å². The fourth-order valence-corrected chi connectivity index (χ4v) is 12.5. The summed E-state index contributed by atoms with van der Waals surface area (Å²) in [5.41, 5.74) is -1.37. The van der Waals surface area contributed by atoms with Crippen molar-refractivity contribution < 1.29 is 84.7 Å². The van der Waals surface area contributed by atoms with E-state index in [2.05, 4.69) is 13.5 Å². The van der Waals surface area contributed by atoms with Crippen molar-refractivity contribution in [2.24, 2.45) is 28.6 Å². The molecule has 316 valence electrons. The van der Waals surface area contributed by atoms with Crippen molar-refractivity contribution in [3.8, 4) is 0 Å². The van der Waals surface area contributed by atoms with Crippen LogP contribution in [0.1, 0.15) is 65.2 Å². The first-order valence-corrected chi connectivity index (χ1v) is 20.6. The van der Waals surface area contributed by atoms with E-state index in [9.17, 15) is 61.0 Å². The summed E-state index contributed by atoms with van der Waals surface area (Å²) in [4.78, 5) is 14.6. The van der Waals surface area contributed by atoms with Gasteiger partial charge in [-0.3, -0.25) is 4.79 Å². The molecule has 4 aliphatic heterocycles. The van der Waals surface area contributed by atoms with Crippen LogP contribution in [-0.4, -0.2) is 180 Å². The number of aliphatic hydroxyl groups is 11. The topological polar surface area (TPSA) is 286 Å². The molecule has 6 rings (SSSR count). The molecule has 0 aromatic carbocycles. The fourth-order valence-electron chi connectivity index (χ4n) is 10.8. The molecular weight excluding hydrogens is 747 g/mol. The Balaban J connectivity index is 1.22. The third-order valence-corrected chi connectivity index (χ3v) is 15.3. The van der Waals surface area contributed by atoms with Gasteiger partial charge in [-0.05, 0) is 80.7 Å². The average Bonchev–Trinajstić information content (AvgIpc) is 3.32. The lowest BCUT2D eigenvalue weighted by Crippen LogP contribution is -2.65. The first-order chi connectivity index (χ1) is 26.0. The molecule has 2 saturated carbocycles. The van der Waals surface area contributed by atoms with Crippen LogP contribution < -0.4 is 0 Å². The maximum atomic E-state index is 14.6. The highest BCUT2D eigenvalue weighted by Gasteiger charge is 2.61. The normalized spacial score (nSPS) is 52.5. The van der Waals surface area contributed by atoms with E-state index in [1.807, 2.05) is 6.92 Å². The molecule has 19 unspecified atom stereocenters. The molecule has 18 heteroatoms. The number of carbonyl (C=O) groups is 1. The zero-order valence-electron chi connectivity index (χ0n) is 31.3. The summed E-state index contributed by atoms with van der Waals surface area (Å²) in [6, 6.07) is 0. The van der Waals surface area contributed by atoms with Gasteiger partial charge >= 0.3 is 5.97 Å². The molecule has 0 radical (unpaired) electrons. The predicted octanol–water partition coefficient (Wildman–Crippen LogP) is -2.42. The minimum atomic E-state index is -1.86. The van der Waals surface area contributed by atoms with E-state index in [4.69, 9.17) is 23.7 Å². The van der Waals surface area contributed by atoms with Crippen LogP contribution >= 0.6 is 8.58 Å². The van der Waals surface area contributed by atoms with Gasteiger partial charge in [0.1, 0.15) is 67.1 Å². The zero-order valence-corrected chi connectivity index (χ0v) is 32.3. The minimum absolute atomic E-state index is 0.0268. The first-order valence-electron chi connectivity index (χ1n) is 19.5. The molecular formula is C37H61O17P. The van der Waals surface area contributed by atoms with Gasteiger partial charge in [-0.2, -0.15) is 0 Å². The number of fused-ring (bicyclic) bond motifs is 3.